The van der Waals surface area contributed by atoms with Gasteiger partial charge in [-0.05, 0) is 72.7 Å². The van der Waals surface area contributed by atoms with Gasteiger partial charge >= 0.3 is 5.97 Å². The van der Waals surface area contributed by atoms with Crippen molar-refractivity contribution in [1.82, 2.24) is 0 Å². The number of hydrogen-bond donors (Lipinski definition) is 0. The van der Waals surface area contributed by atoms with E-state index in [1.807, 2.05) is 30.3 Å². The quantitative estimate of drug-likeness (QED) is 0.139. The van der Waals surface area contributed by atoms with Crippen LogP contribution in [0.25, 0.3) is 22.0 Å². The second kappa shape index (κ2) is 12.0. The van der Waals surface area contributed by atoms with Gasteiger partial charge in [-0.25, -0.2) is 0 Å². The van der Waals surface area contributed by atoms with Gasteiger partial charge in [0.05, 0.1) is 44.3 Å². The molecule has 0 radical (unpaired) electrons. The Balaban J connectivity index is 1.09. The van der Waals surface area contributed by atoms with Crippen LogP contribution in [0.15, 0.2) is 60.8 Å². The zero-order chi connectivity index (χ0) is 28.2. The SMILES string of the molecule is CCOC(=O)Cc1ccc(OCCCCOc2c(OC)ccc3cc4[n+](cc23)CCc2cc3c(cc2-4)OCO3)cc1. The Morgan fingerprint density at radius 3 is 2.51 bits per heavy atom. The Morgan fingerprint density at radius 2 is 1.73 bits per heavy atom. The predicted octanol–water partition coefficient (Wildman–Crippen LogP) is 5.43. The van der Waals surface area contributed by atoms with Gasteiger partial charge in [-0.2, -0.15) is 4.57 Å². The number of carbonyl (C=O) groups excluding carboxylic acids is 1. The Labute approximate surface area is 239 Å². The lowest BCUT2D eigenvalue weighted by molar-refractivity contribution is -0.686. The van der Waals surface area contributed by atoms with Crippen LogP contribution in [-0.4, -0.2) is 39.7 Å². The molecule has 0 N–H and O–H groups in total. The lowest BCUT2D eigenvalue weighted by Crippen LogP contribution is -2.40. The molecule has 3 aromatic carbocycles. The summed E-state index contributed by atoms with van der Waals surface area (Å²) in [7, 11) is 1.67. The van der Waals surface area contributed by atoms with Gasteiger partial charge in [0.1, 0.15) is 5.75 Å². The molecule has 212 valence electrons. The number of methoxy groups -OCH3 is 1. The molecule has 1 aromatic heterocycles. The van der Waals surface area contributed by atoms with E-state index in [2.05, 4.69) is 35.0 Å². The van der Waals surface area contributed by atoms with Crippen LogP contribution in [-0.2, 0) is 28.9 Å². The third-order valence-electron chi connectivity index (χ3n) is 7.43. The molecule has 0 bridgehead atoms. The molecule has 6 rings (SSSR count). The molecule has 2 aliphatic heterocycles. The van der Waals surface area contributed by atoms with Crippen LogP contribution < -0.4 is 28.3 Å². The van der Waals surface area contributed by atoms with Crippen molar-refractivity contribution < 1.29 is 37.8 Å². The number of hydrogen-bond acceptors (Lipinski definition) is 7. The average molecular weight is 557 g/mol. The van der Waals surface area contributed by atoms with Gasteiger partial charge in [-0.1, -0.05) is 12.1 Å². The van der Waals surface area contributed by atoms with Gasteiger partial charge in [0.25, 0.3) is 0 Å². The monoisotopic (exact) mass is 556 g/mol. The van der Waals surface area contributed by atoms with E-state index in [-0.39, 0.29) is 19.2 Å². The number of rotatable bonds is 11. The second-order valence-corrected chi connectivity index (χ2v) is 10.1. The van der Waals surface area contributed by atoms with Crippen molar-refractivity contribution in [2.45, 2.75) is 39.2 Å². The maximum absolute atomic E-state index is 11.6. The first-order chi connectivity index (χ1) is 20.1. The molecule has 0 amide bonds. The summed E-state index contributed by atoms with van der Waals surface area (Å²) in [4.78, 5) is 11.6. The van der Waals surface area contributed by atoms with Crippen LogP contribution in [0.1, 0.15) is 30.9 Å². The van der Waals surface area contributed by atoms with Gasteiger partial charge in [0.2, 0.25) is 12.5 Å². The molecule has 8 heteroatoms. The van der Waals surface area contributed by atoms with Crippen molar-refractivity contribution in [2.75, 3.05) is 33.7 Å². The summed E-state index contributed by atoms with van der Waals surface area (Å²) in [6, 6.07) is 18.0. The highest BCUT2D eigenvalue weighted by Crippen LogP contribution is 2.41. The van der Waals surface area contributed by atoms with Crippen molar-refractivity contribution in [3.8, 4) is 40.0 Å². The molecule has 0 spiro atoms. The molecule has 0 atom stereocenters. The fourth-order valence-electron chi connectivity index (χ4n) is 5.36. The number of aryl methyl sites for hydroxylation is 2. The molecular formula is C33H34NO7+. The van der Waals surface area contributed by atoms with Crippen molar-refractivity contribution in [3.05, 3.63) is 71.9 Å². The number of ether oxygens (including phenoxy) is 6. The number of pyridine rings is 1. The maximum atomic E-state index is 11.6. The Hall–Kier alpha value is -4.46. The number of esters is 1. The summed E-state index contributed by atoms with van der Waals surface area (Å²) in [5.74, 6) is 3.66. The molecule has 0 unspecified atom stereocenters. The number of unbranched alkanes of at least 4 members (excludes halogenated alkanes) is 1. The minimum absolute atomic E-state index is 0.221. The zero-order valence-corrected chi connectivity index (χ0v) is 23.4. The molecule has 0 aliphatic carbocycles. The van der Waals surface area contributed by atoms with E-state index in [1.165, 1.54) is 11.1 Å². The van der Waals surface area contributed by atoms with Crippen LogP contribution in [0, 0.1) is 0 Å². The second-order valence-electron chi connectivity index (χ2n) is 10.1. The first kappa shape index (κ1) is 26.7. The topological polar surface area (TPSA) is 76.3 Å². The molecule has 41 heavy (non-hydrogen) atoms. The van der Waals surface area contributed by atoms with Crippen molar-refractivity contribution >= 4 is 16.7 Å². The van der Waals surface area contributed by atoms with E-state index in [0.29, 0.717) is 19.8 Å². The van der Waals surface area contributed by atoms with Gasteiger partial charge in [0.15, 0.2) is 35.7 Å². The van der Waals surface area contributed by atoms with Crippen molar-refractivity contribution in [1.29, 1.82) is 0 Å². The number of nitrogens with zero attached hydrogens (tertiary/aromatic N) is 1. The number of carbonyl (C=O) groups is 1. The summed E-state index contributed by atoms with van der Waals surface area (Å²) in [6.07, 6.45) is 5.03. The van der Waals surface area contributed by atoms with E-state index in [0.717, 1.165) is 76.6 Å². The molecule has 8 nitrogen and oxygen atoms in total. The Morgan fingerprint density at radius 1 is 0.951 bits per heavy atom. The minimum atomic E-state index is -0.221. The number of fused-ring (bicyclic) bond motifs is 5. The smallest absolute Gasteiger partial charge is 0.310 e. The molecule has 0 saturated carbocycles. The summed E-state index contributed by atoms with van der Waals surface area (Å²) < 4.78 is 36.4. The van der Waals surface area contributed by atoms with Gasteiger partial charge in [-0.15, -0.1) is 0 Å². The van der Waals surface area contributed by atoms with Crippen molar-refractivity contribution in [2.24, 2.45) is 0 Å². The molecule has 0 fully saturated rings. The van der Waals surface area contributed by atoms with E-state index in [1.54, 1.807) is 14.0 Å². The highest BCUT2D eigenvalue weighted by Gasteiger charge is 2.28. The van der Waals surface area contributed by atoms with Crippen molar-refractivity contribution in [3.63, 3.8) is 0 Å². The van der Waals surface area contributed by atoms with Crippen LogP contribution in [0.5, 0.6) is 28.7 Å². The fourth-order valence-corrected chi connectivity index (χ4v) is 5.36. The first-order valence-corrected chi connectivity index (χ1v) is 14.1. The third-order valence-corrected chi connectivity index (χ3v) is 7.43. The fraction of sp³-hybridized carbons (Fsp3) is 0.333. The predicted molar refractivity (Wildman–Crippen MR) is 153 cm³/mol. The molecule has 3 heterocycles. The van der Waals surface area contributed by atoms with Gasteiger partial charge < -0.3 is 28.4 Å². The standard InChI is InChI=1S/C33H34NO7/c1-3-37-32(35)16-22-6-9-25(10-7-22)38-14-4-5-15-39-33-27-20-34-13-12-24-18-30-31(41-21-40-30)19-26(24)28(34)17-23(27)8-11-29(33)36-2/h6-11,17-20H,3-5,12-16,21H2,1-2H3/q+1. The highest BCUT2D eigenvalue weighted by molar-refractivity contribution is 5.91. The zero-order valence-electron chi connectivity index (χ0n) is 23.4. The Kier molecular flexibility index (Phi) is 7.80. The summed E-state index contributed by atoms with van der Waals surface area (Å²) >= 11 is 0. The first-order valence-electron chi connectivity index (χ1n) is 14.1. The molecular weight excluding hydrogens is 522 g/mol. The van der Waals surface area contributed by atoms with E-state index >= 15 is 0 Å². The van der Waals surface area contributed by atoms with Crippen LogP contribution in [0.4, 0.5) is 0 Å². The van der Waals surface area contributed by atoms with E-state index < -0.39 is 0 Å². The number of benzene rings is 3. The summed E-state index contributed by atoms with van der Waals surface area (Å²) in [6.45, 7) is 4.46. The molecule has 4 aromatic rings. The average Bonchev–Trinajstić information content (AvgIpc) is 3.45. The van der Waals surface area contributed by atoms with Crippen LogP contribution >= 0.6 is 0 Å². The summed E-state index contributed by atoms with van der Waals surface area (Å²) in [5.41, 5.74) is 4.51. The lowest BCUT2D eigenvalue weighted by atomic mass is 9.95. The number of aromatic nitrogens is 1. The van der Waals surface area contributed by atoms with Gasteiger partial charge in [-0.3, -0.25) is 4.79 Å². The summed E-state index contributed by atoms with van der Waals surface area (Å²) in [5, 5.41) is 2.11. The van der Waals surface area contributed by atoms with Crippen LogP contribution in [0.3, 0.4) is 0 Å². The van der Waals surface area contributed by atoms with E-state index in [4.69, 9.17) is 28.4 Å². The maximum Gasteiger partial charge on any atom is 0.310 e. The lowest BCUT2D eigenvalue weighted by Gasteiger charge is -2.18. The molecule has 2 aliphatic rings. The van der Waals surface area contributed by atoms with Gasteiger partial charge in [0, 0.05) is 12.5 Å². The normalized spacial score (nSPS) is 12.9. The van der Waals surface area contributed by atoms with E-state index in [9.17, 15) is 4.79 Å². The highest BCUT2D eigenvalue weighted by atomic mass is 16.7. The minimum Gasteiger partial charge on any atom is -0.494 e. The largest absolute Gasteiger partial charge is 0.494 e. The van der Waals surface area contributed by atoms with Crippen LogP contribution in [0.2, 0.25) is 0 Å². The Bertz CT molecular complexity index is 1560. The molecule has 0 saturated heterocycles. The third kappa shape index (κ3) is 5.73.